The number of halogens is 1. The normalized spacial score (nSPS) is 14.2. The summed E-state index contributed by atoms with van der Waals surface area (Å²) >= 11 is 6.12. The molecular formula is C20H29ClOSi2. The summed E-state index contributed by atoms with van der Waals surface area (Å²) in [6, 6.07) is 21.6. The Labute approximate surface area is 155 Å². The summed E-state index contributed by atoms with van der Waals surface area (Å²) < 4.78 is 6.84. The van der Waals surface area contributed by atoms with E-state index in [1.807, 2.05) is 0 Å². The van der Waals surface area contributed by atoms with Gasteiger partial charge in [-0.05, 0) is 27.4 Å². The molecule has 2 rings (SSSR count). The van der Waals surface area contributed by atoms with Crippen LogP contribution in [0, 0.1) is 0 Å². The fraction of sp³-hybridized carbons (Fsp3) is 0.400. The van der Waals surface area contributed by atoms with E-state index in [2.05, 4.69) is 88.4 Å². The van der Waals surface area contributed by atoms with Crippen molar-refractivity contribution in [1.82, 2.24) is 0 Å². The van der Waals surface area contributed by atoms with Crippen LogP contribution in [0.15, 0.2) is 60.7 Å². The molecule has 0 fully saturated rings. The Hall–Kier alpha value is -0.876. The molecule has 4 heteroatoms. The largest absolute Gasteiger partial charge is 0.407 e. The molecule has 0 radical (unpaired) electrons. The van der Waals surface area contributed by atoms with Gasteiger partial charge >= 0.3 is 0 Å². The maximum absolute atomic E-state index is 6.84. The lowest BCUT2D eigenvalue weighted by molar-refractivity contribution is 0.290. The lowest BCUT2D eigenvalue weighted by Crippen LogP contribution is -2.66. The van der Waals surface area contributed by atoms with E-state index in [1.54, 1.807) is 0 Å². The van der Waals surface area contributed by atoms with Crippen LogP contribution < -0.4 is 10.4 Å². The molecule has 0 saturated heterocycles. The van der Waals surface area contributed by atoms with Crippen LogP contribution in [0.25, 0.3) is 0 Å². The zero-order chi connectivity index (χ0) is 17.6. The van der Waals surface area contributed by atoms with Crippen molar-refractivity contribution in [3.05, 3.63) is 60.7 Å². The van der Waals surface area contributed by atoms with Crippen LogP contribution in [0.4, 0.5) is 0 Å². The molecule has 0 N–H and O–H groups in total. The van der Waals surface area contributed by atoms with Crippen LogP contribution in [0.5, 0.6) is 0 Å². The SMILES string of the molecule is CC(CCO[Si](c1ccccc1)(c1ccccc1)C(C)(C)C)[SiH2]Cl. The molecule has 0 spiro atoms. The second kappa shape index (κ2) is 8.48. The van der Waals surface area contributed by atoms with Crippen molar-refractivity contribution in [2.24, 2.45) is 0 Å². The zero-order valence-electron chi connectivity index (χ0n) is 15.3. The summed E-state index contributed by atoms with van der Waals surface area (Å²) in [5.74, 6) is 0. The Bertz CT molecular complexity index is 571. The summed E-state index contributed by atoms with van der Waals surface area (Å²) in [7, 11) is -2.83. The van der Waals surface area contributed by atoms with E-state index in [4.69, 9.17) is 15.5 Å². The third-order valence-electron chi connectivity index (χ3n) is 4.61. The van der Waals surface area contributed by atoms with Crippen LogP contribution in [0.2, 0.25) is 10.6 Å². The van der Waals surface area contributed by atoms with Crippen LogP contribution in [0.1, 0.15) is 34.1 Å². The van der Waals surface area contributed by atoms with Gasteiger partial charge in [-0.15, -0.1) is 0 Å². The van der Waals surface area contributed by atoms with Crippen molar-refractivity contribution in [3.63, 3.8) is 0 Å². The Morgan fingerprint density at radius 3 is 1.79 bits per heavy atom. The summed E-state index contributed by atoms with van der Waals surface area (Å²) in [6.45, 7) is 9.99. The lowest BCUT2D eigenvalue weighted by atomic mass is 10.2. The molecule has 0 aromatic heterocycles. The van der Waals surface area contributed by atoms with Gasteiger partial charge in [0.05, 0.1) is 0 Å². The molecule has 0 heterocycles. The smallest absolute Gasteiger partial charge is 0.261 e. The average Bonchev–Trinajstić information content (AvgIpc) is 2.59. The first-order valence-corrected chi connectivity index (χ1v) is 13.6. The first-order chi connectivity index (χ1) is 11.4. The van der Waals surface area contributed by atoms with Crippen molar-refractivity contribution < 1.29 is 4.43 Å². The molecule has 0 aliphatic rings. The van der Waals surface area contributed by atoms with Gasteiger partial charge in [0, 0.05) is 6.61 Å². The highest BCUT2D eigenvalue weighted by atomic mass is 35.6. The predicted octanol–water partition coefficient (Wildman–Crippen LogP) is 4.08. The molecule has 0 aliphatic carbocycles. The van der Waals surface area contributed by atoms with Crippen molar-refractivity contribution in [3.8, 4) is 0 Å². The van der Waals surface area contributed by atoms with Gasteiger partial charge in [0.25, 0.3) is 8.32 Å². The molecule has 1 unspecified atom stereocenters. The number of benzene rings is 2. The molecule has 0 amide bonds. The van der Waals surface area contributed by atoms with E-state index in [-0.39, 0.29) is 5.04 Å². The maximum Gasteiger partial charge on any atom is 0.261 e. The topological polar surface area (TPSA) is 9.23 Å². The Morgan fingerprint density at radius 2 is 1.42 bits per heavy atom. The van der Waals surface area contributed by atoms with E-state index in [1.165, 1.54) is 10.4 Å². The van der Waals surface area contributed by atoms with Crippen LogP contribution in [0.3, 0.4) is 0 Å². The zero-order valence-corrected chi connectivity index (χ0v) is 18.4. The molecule has 1 nitrogen and oxygen atoms in total. The minimum absolute atomic E-state index is 0.0529. The van der Waals surface area contributed by atoms with Gasteiger partial charge in [0.1, 0.15) is 8.83 Å². The number of rotatable bonds is 7. The quantitative estimate of drug-likeness (QED) is 0.522. The minimum atomic E-state index is -2.36. The van der Waals surface area contributed by atoms with E-state index in [0.717, 1.165) is 13.0 Å². The van der Waals surface area contributed by atoms with E-state index >= 15 is 0 Å². The first-order valence-electron chi connectivity index (χ1n) is 8.73. The fourth-order valence-electron chi connectivity index (χ4n) is 3.25. The van der Waals surface area contributed by atoms with Gasteiger partial charge < -0.3 is 4.43 Å². The second-order valence-corrected chi connectivity index (χ2v) is 14.5. The van der Waals surface area contributed by atoms with Crippen LogP contribution in [-0.4, -0.2) is 23.8 Å². The van der Waals surface area contributed by atoms with Crippen molar-refractivity contribution >= 4 is 38.6 Å². The van der Waals surface area contributed by atoms with Gasteiger partial charge in [0.2, 0.25) is 0 Å². The summed E-state index contributed by atoms with van der Waals surface area (Å²) in [5.41, 5.74) is 0.616. The Balaban J connectivity index is 2.49. The summed E-state index contributed by atoms with van der Waals surface area (Å²) in [4.78, 5) is 0. The van der Waals surface area contributed by atoms with Gasteiger partial charge in [-0.3, -0.25) is 0 Å². The fourth-order valence-corrected chi connectivity index (χ4v) is 8.62. The highest BCUT2D eigenvalue weighted by molar-refractivity contribution is 6.99. The third kappa shape index (κ3) is 4.20. The van der Waals surface area contributed by atoms with E-state index in [0.29, 0.717) is 5.54 Å². The molecular weight excluding hydrogens is 348 g/mol. The van der Waals surface area contributed by atoms with E-state index < -0.39 is 17.1 Å². The monoisotopic (exact) mass is 376 g/mol. The van der Waals surface area contributed by atoms with Gasteiger partial charge in [0.15, 0.2) is 0 Å². The Morgan fingerprint density at radius 1 is 0.958 bits per heavy atom. The minimum Gasteiger partial charge on any atom is -0.407 e. The average molecular weight is 377 g/mol. The summed E-state index contributed by atoms with van der Waals surface area (Å²) in [5, 5.41) is 2.75. The molecule has 24 heavy (non-hydrogen) atoms. The molecule has 0 saturated carbocycles. The highest BCUT2D eigenvalue weighted by Gasteiger charge is 2.49. The third-order valence-corrected chi connectivity index (χ3v) is 12.2. The molecule has 0 aliphatic heterocycles. The number of hydrogen-bond acceptors (Lipinski definition) is 1. The summed E-state index contributed by atoms with van der Waals surface area (Å²) in [6.07, 6.45) is 1.06. The molecule has 130 valence electrons. The van der Waals surface area contributed by atoms with E-state index in [9.17, 15) is 0 Å². The molecule has 1 atom stereocenters. The lowest BCUT2D eigenvalue weighted by Gasteiger charge is -2.43. The molecule has 2 aromatic rings. The van der Waals surface area contributed by atoms with Gasteiger partial charge in [-0.25, -0.2) is 0 Å². The van der Waals surface area contributed by atoms with Crippen molar-refractivity contribution in [2.75, 3.05) is 6.61 Å². The maximum atomic E-state index is 6.84. The molecule has 2 aromatic carbocycles. The van der Waals surface area contributed by atoms with Crippen molar-refractivity contribution in [2.45, 2.75) is 44.7 Å². The second-order valence-electron chi connectivity index (χ2n) is 7.56. The predicted molar refractivity (Wildman–Crippen MR) is 112 cm³/mol. The van der Waals surface area contributed by atoms with Crippen LogP contribution in [-0.2, 0) is 4.43 Å². The van der Waals surface area contributed by atoms with Gasteiger partial charge in [-0.1, -0.05) is 88.4 Å². The van der Waals surface area contributed by atoms with Crippen molar-refractivity contribution in [1.29, 1.82) is 0 Å². The number of hydrogen-bond donors (Lipinski definition) is 0. The standard InChI is InChI=1S/C20H29ClOSi2/c1-17(23-21)15-16-22-24(20(2,3)4,18-11-7-5-8-12-18)19-13-9-6-10-14-19/h5-14,17H,15-16,23H2,1-4H3. The Kier molecular flexibility index (Phi) is 6.87. The van der Waals surface area contributed by atoms with Crippen LogP contribution >= 0.6 is 11.1 Å². The molecule has 0 bridgehead atoms. The van der Waals surface area contributed by atoms with Gasteiger partial charge in [-0.2, -0.15) is 11.1 Å². The highest BCUT2D eigenvalue weighted by Crippen LogP contribution is 2.37. The first kappa shape index (κ1) is 19.4.